The van der Waals surface area contributed by atoms with Gasteiger partial charge in [0.25, 0.3) is 5.91 Å². The molecule has 31 heavy (non-hydrogen) atoms. The summed E-state index contributed by atoms with van der Waals surface area (Å²) in [5, 5.41) is 5.21. The number of urea groups is 1. The Morgan fingerprint density at radius 3 is 2.39 bits per heavy atom. The molecule has 0 saturated carbocycles. The van der Waals surface area contributed by atoms with Crippen molar-refractivity contribution in [2.24, 2.45) is 0 Å². The van der Waals surface area contributed by atoms with Crippen molar-refractivity contribution >= 4 is 29.4 Å². The van der Waals surface area contributed by atoms with Crippen LogP contribution in [0.4, 0.5) is 9.18 Å². The van der Waals surface area contributed by atoms with Gasteiger partial charge in [0, 0.05) is 37.7 Å². The maximum Gasteiger partial charge on any atom is 0.321 e. The molecule has 3 rings (SSSR count). The number of piperazine rings is 1. The molecule has 0 bridgehead atoms. The predicted molar refractivity (Wildman–Crippen MR) is 115 cm³/mol. The van der Waals surface area contributed by atoms with Crippen LogP contribution in [0.1, 0.15) is 28.9 Å². The van der Waals surface area contributed by atoms with E-state index in [0.29, 0.717) is 32.7 Å². The van der Waals surface area contributed by atoms with E-state index >= 15 is 0 Å². The third-order valence-electron chi connectivity index (χ3n) is 5.06. The number of nitrogens with zero attached hydrogens (tertiary/aromatic N) is 2. The number of halogens is 2. The minimum absolute atomic E-state index is 0.0745. The highest BCUT2D eigenvalue weighted by Crippen LogP contribution is 2.24. The summed E-state index contributed by atoms with van der Waals surface area (Å²) in [5.41, 5.74) is 0.666. The van der Waals surface area contributed by atoms with Crippen molar-refractivity contribution in [2.75, 3.05) is 32.7 Å². The molecule has 1 aliphatic rings. The summed E-state index contributed by atoms with van der Waals surface area (Å²) in [4.78, 5) is 40.9. The molecule has 1 aliphatic heterocycles. The van der Waals surface area contributed by atoms with Crippen LogP contribution in [0, 0.1) is 5.82 Å². The van der Waals surface area contributed by atoms with Crippen LogP contribution in [0.2, 0.25) is 5.02 Å². The Bertz CT molecular complexity index is 949. The molecule has 4 amide bonds. The summed E-state index contributed by atoms with van der Waals surface area (Å²) in [6, 6.07) is 11.8. The normalized spacial score (nSPS) is 15.3. The Balaban J connectivity index is 1.73. The average Bonchev–Trinajstić information content (AvgIpc) is 2.76. The van der Waals surface area contributed by atoms with Crippen LogP contribution in [0.15, 0.2) is 48.5 Å². The number of hydrogen-bond donors (Lipinski definition) is 2. The van der Waals surface area contributed by atoms with E-state index in [9.17, 15) is 18.8 Å². The number of carbonyl (C=O) groups excluding carboxylic acids is 3. The number of nitrogens with one attached hydrogen (secondary N) is 2. The van der Waals surface area contributed by atoms with Crippen molar-refractivity contribution in [3.05, 3.63) is 70.5 Å². The lowest BCUT2D eigenvalue weighted by Crippen LogP contribution is -2.53. The molecular formula is C22H24ClFN4O3. The van der Waals surface area contributed by atoms with Crippen LogP contribution in [0.3, 0.4) is 0 Å². The van der Waals surface area contributed by atoms with Gasteiger partial charge in [0.2, 0.25) is 5.91 Å². The number of benzene rings is 2. The topological polar surface area (TPSA) is 81.8 Å². The zero-order valence-electron chi connectivity index (χ0n) is 17.1. The van der Waals surface area contributed by atoms with Crippen LogP contribution in [-0.4, -0.2) is 60.4 Å². The van der Waals surface area contributed by atoms with E-state index < -0.39 is 29.7 Å². The zero-order valence-corrected chi connectivity index (χ0v) is 17.9. The predicted octanol–water partition coefficient (Wildman–Crippen LogP) is 2.82. The van der Waals surface area contributed by atoms with Gasteiger partial charge < -0.3 is 10.2 Å². The van der Waals surface area contributed by atoms with Gasteiger partial charge in [-0.1, -0.05) is 41.9 Å². The second-order valence-corrected chi connectivity index (χ2v) is 7.55. The van der Waals surface area contributed by atoms with Crippen LogP contribution >= 0.6 is 11.6 Å². The molecule has 2 aromatic rings. The molecule has 0 aliphatic carbocycles. The molecule has 1 fully saturated rings. The van der Waals surface area contributed by atoms with E-state index in [-0.39, 0.29) is 10.6 Å². The van der Waals surface area contributed by atoms with Gasteiger partial charge in [-0.25, -0.2) is 9.18 Å². The number of amides is 4. The molecule has 0 unspecified atom stereocenters. The molecule has 0 radical (unpaired) electrons. The van der Waals surface area contributed by atoms with Gasteiger partial charge in [-0.2, -0.15) is 0 Å². The number of imide groups is 1. The van der Waals surface area contributed by atoms with Crippen molar-refractivity contribution < 1.29 is 18.8 Å². The SMILES string of the molecule is CCNC(=O)NC(=O)[C@H](c1ccccc1)N1CCN(C(=O)c2cc(Cl)ccc2F)CC1. The lowest BCUT2D eigenvalue weighted by Gasteiger charge is -2.38. The third-order valence-corrected chi connectivity index (χ3v) is 5.30. The van der Waals surface area contributed by atoms with Gasteiger partial charge in [0.15, 0.2) is 0 Å². The van der Waals surface area contributed by atoms with Crippen molar-refractivity contribution in [1.82, 2.24) is 20.4 Å². The Hall–Kier alpha value is -2.97. The summed E-state index contributed by atoms with van der Waals surface area (Å²) < 4.78 is 14.1. The number of rotatable bonds is 5. The lowest BCUT2D eigenvalue weighted by atomic mass is 10.0. The molecule has 0 aromatic heterocycles. The minimum atomic E-state index is -0.691. The first-order valence-corrected chi connectivity index (χ1v) is 10.4. The molecule has 1 heterocycles. The second kappa shape index (κ2) is 10.4. The molecule has 2 aromatic carbocycles. The van der Waals surface area contributed by atoms with E-state index in [1.807, 2.05) is 35.2 Å². The monoisotopic (exact) mass is 446 g/mol. The fourth-order valence-electron chi connectivity index (χ4n) is 3.56. The molecule has 1 atom stereocenters. The van der Waals surface area contributed by atoms with E-state index in [4.69, 9.17) is 11.6 Å². The van der Waals surface area contributed by atoms with Gasteiger partial charge in [-0.3, -0.25) is 19.8 Å². The summed E-state index contributed by atoms with van der Waals surface area (Å²) in [7, 11) is 0. The smallest absolute Gasteiger partial charge is 0.321 e. The molecule has 7 nitrogen and oxygen atoms in total. The van der Waals surface area contributed by atoms with Crippen molar-refractivity contribution in [3.8, 4) is 0 Å². The molecule has 9 heteroatoms. The minimum Gasteiger partial charge on any atom is -0.338 e. The average molecular weight is 447 g/mol. The summed E-state index contributed by atoms with van der Waals surface area (Å²) in [6.07, 6.45) is 0. The first-order chi connectivity index (χ1) is 14.9. The fraction of sp³-hybridized carbons (Fsp3) is 0.318. The van der Waals surface area contributed by atoms with Crippen molar-refractivity contribution in [3.63, 3.8) is 0 Å². The highest BCUT2D eigenvalue weighted by atomic mass is 35.5. The number of hydrogen-bond acceptors (Lipinski definition) is 4. The van der Waals surface area contributed by atoms with Crippen LogP contribution in [-0.2, 0) is 4.79 Å². The van der Waals surface area contributed by atoms with Gasteiger partial charge in [-0.15, -0.1) is 0 Å². The van der Waals surface area contributed by atoms with Gasteiger partial charge in [-0.05, 0) is 30.7 Å². The molecule has 1 saturated heterocycles. The Kier molecular flexibility index (Phi) is 7.59. The van der Waals surface area contributed by atoms with Crippen molar-refractivity contribution in [1.29, 1.82) is 0 Å². The van der Waals surface area contributed by atoms with E-state index in [1.54, 1.807) is 6.92 Å². The Morgan fingerprint density at radius 1 is 1.06 bits per heavy atom. The second-order valence-electron chi connectivity index (χ2n) is 7.11. The molecule has 2 N–H and O–H groups in total. The fourth-order valence-corrected chi connectivity index (χ4v) is 3.74. The van der Waals surface area contributed by atoms with Gasteiger partial charge in [0.05, 0.1) is 5.56 Å². The van der Waals surface area contributed by atoms with E-state index in [2.05, 4.69) is 10.6 Å². The summed E-state index contributed by atoms with van der Waals surface area (Å²) in [6.45, 7) is 3.55. The zero-order chi connectivity index (χ0) is 22.4. The largest absolute Gasteiger partial charge is 0.338 e. The molecule has 0 spiro atoms. The molecule has 164 valence electrons. The summed E-state index contributed by atoms with van der Waals surface area (Å²) in [5.74, 6) is -1.51. The molecular weight excluding hydrogens is 423 g/mol. The van der Waals surface area contributed by atoms with Gasteiger partial charge >= 0.3 is 6.03 Å². The van der Waals surface area contributed by atoms with Crippen LogP contribution in [0.5, 0.6) is 0 Å². The quantitative estimate of drug-likeness (QED) is 0.740. The van der Waals surface area contributed by atoms with Gasteiger partial charge in [0.1, 0.15) is 11.9 Å². The highest BCUT2D eigenvalue weighted by molar-refractivity contribution is 6.31. The summed E-state index contributed by atoms with van der Waals surface area (Å²) >= 11 is 5.91. The highest BCUT2D eigenvalue weighted by Gasteiger charge is 2.33. The van der Waals surface area contributed by atoms with E-state index in [1.165, 1.54) is 23.1 Å². The van der Waals surface area contributed by atoms with E-state index in [0.717, 1.165) is 5.56 Å². The van der Waals surface area contributed by atoms with Crippen LogP contribution < -0.4 is 10.6 Å². The maximum atomic E-state index is 14.1. The standard InChI is InChI=1S/C22H24ClFN4O3/c1-2-25-22(31)26-20(29)19(15-6-4-3-5-7-15)27-10-12-28(13-11-27)21(30)17-14-16(23)8-9-18(17)24/h3-9,14,19H,2,10-13H2,1H3,(H2,25,26,29,31)/t19-/m0/s1. The first-order valence-electron chi connectivity index (χ1n) is 10.0. The first kappa shape index (κ1) is 22.7. The lowest BCUT2D eigenvalue weighted by molar-refractivity contribution is -0.126. The Morgan fingerprint density at radius 2 is 1.74 bits per heavy atom. The third kappa shape index (κ3) is 5.59. The maximum absolute atomic E-state index is 14.1. The van der Waals surface area contributed by atoms with Crippen molar-refractivity contribution in [2.45, 2.75) is 13.0 Å². The Labute approximate surface area is 185 Å². The number of carbonyl (C=O) groups is 3. The van der Waals surface area contributed by atoms with Crippen LogP contribution in [0.25, 0.3) is 0 Å².